The van der Waals surface area contributed by atoms with E-state index >= 15 is 0 Å². The molecule has 17 heavy (non-hydrogen) atoms. The number of rotatable bonds is 9. The van der Waals surface area contributed by atoms with E-state index in [2.05, 4.69) is 0 Å². The lowest BCUT2D eigenvalue weighted by atomic mass is 9.93. The quantitative estimate of drug-likeness (QED) is 0.572. The van der Waals surface area contributed by atoms with Gasteiger partial charge in [-0.05, 0) is 25.7 Å². The number of carbonyl (C=O) groups is 2. The van der Waals surface area contributed by atoms with Crippen LogP contribution in [0.1, 0.15) is 39.0 Å². The van der Waals surface area contributed by atoms with Crippen LogP contribution in [-0.2, 0) is 9.59 Å². The Kier molecular flexibility index (Phi) is 7.45. The fourth-order valence-electron chi connectivity index (χ4n) is 1.59. The van der Waals surface area contributed by atoms with Gasteiger partial charge in [0.25, 0.3) is 0 Å². The predicted molar refractivity (Wildman–Crippen MR) is 60.4 cm³/mol. The highest BCUT2D eigenvalue weighted by molar-refractivity contribution is 5.75. The van der Waals surface area contributed by atoms with Gasteiger partial charge in [0.05, 0.1) is 5.92 Å². The third kappa shape index (κ3) is 6.88. The number of carboxylic acid groups (broad SMARTS) is 2. The van der Waals surface area contributed by atoms with Gasteiger partial charge in [-0.1, -0.05) is 13.3 Å². The molecule has 5 nitrogen and oxygen atoms in total. The first-order valence-corrected chi connectivity index (χ1v) is 5.73. The molecule has 100 valence electrons. The minimum Gasteiger partial charge on any atom is -0.481 e. The van der Waals surface area contributed by atoms with Crippen LogP contribution >= 0.6 is 0 Å². The van der Waals surface area contributed by atoms with E-state index in [-0.39, 0.29) is 19.3 Å². The SMILES string of the molecule is CCCC([18F])CC[C@H](C[C@H](N)C(=O)O)C(=O)O. The van der Waals surface area contributed by atoms with Crippen molar-refractivity contribution in [2.45, 2.75) is 51.2 Å². The number of nitrogens with two attached hydrogens (primary N) is 1. The summed E-state index contributed by atoms with van der Waals surface area (Å²) in [5.41, 5.74) is 5.26. The van der Waals surface area contributed by atoms with Gasteiger partial charge in [0.2, 0.25) is 0 Å². The Morgan fingerprint density at radius 3 is 2.18 bits per heavy atom. The van der Waals surface area contributed by atoms with Crippen LogP contribution in [0.4, 0.5) is 4.39 Å². The summed E-state index contributed by atoms with van der Waals surface area (Å²) in [4.78, 5) is 21.4. The average Bonchev–Trinajstić information content (AvgIpc) is 2.23. The van der Waals surface area contributed by atoms with Crippen LogP contribution in [0.5, 0.6) is 0 Å². The monoisotopic (exact) mass is 248 g/mol. The molecule has 0 rings (SSSR count). The molecule has 3 atom stereocenters. The van der Waals surface area contributed by atoms with Crippen molar-refractivity contribution < 1.29 is 24.2 Å². The van der Waals surface area contributed by atoms with Crippen molar-refractivity contribution in [1.29, 1.82) is 0 Å². The second-order valence-corrected chi connectivity index (χ2v) is 4.18. The fourth-order valence-corrected chi connectivity index (χ4v) is 1.59. The number of alkyl halides is 1. The van der Waals surface area contributed by atoms with E-state index in [4.69, 9.17) is 15.9 Å². The summed E-state index contributed by atoms with van der Waals surface area (Å²) in [6.07, 6.45) is 0.172. The van der Waals surface area contributed by atoms with Crippen LogP contribution < -0.4 is 5.73 Å². The molecule has 0 aliphatic heterocycles. The Bertz CT molecular complexity index is 260. The Morgan fingerprint density at radius 2 is 1.76 bits per heavy atom. The van der Waals surface area contributed by atoms with Crippen molar-refractivity contribution in [2.75, 3.05) is 0 Å². The molecule has 0 heterocycles. The van der Waals surface area contributed by atoms with E-state index in [1.165, 1.54) is 0 Å². The largest absolute Gasteiger partial charge is 0.481 e. The maximum absolute atomic E-state index is 13.2. The number of hydrogen-bond donors (Lipinski definition) is 3. The summed E-state index contributed by atoms with van der Waals surface area (Å²) >= 11 is 0. The van der Waals surface area contributed by atoms with Gasteiger partial charge in [-0.25, -0.2) is 4.39 Å². The Hall–Kier alpha value is -1.17. The first kappa shape index (κ1) is 15.8. The molecule has 0 aliphatic rings. The third-order valence-electron chi connectivity index (χ3n) is 2.64. The molecular formula is C11H20FNO4. The van der Waals surface area contributed by atoms with E-state index in [0.29, 0.717) is 12.8 Å². The lowest BCUT2D eigenvalue weighted by molar-refractivity contribution is -0.144. The average molecular weight is 248 g/mol. The zero-order valence-electron chi connectivity index (χ0n) is 9.93. The number of aliphatic carboxylic acids is 2. The van der Waals surface area contributed by atoms with Crippen molar-refractivity contribution in [2.24, 2.45) is 11.7 Å². The third-order valence-corrected chi connectivity index (χ3v) is 2.64. The van der Waals surface area contributed by atoms with Crippen LogP contribution in [0.3, 0.4) is 0 Å². The molecule has 0 saturated carbocycles. The van der Waals surface area contributed by atoms with Gasteiger partial charge in [0, 0.05) is 0 Å². The van der Waals surface area contributed by atoms with Crippen molar-refractivity contribution in [3.05, 3.63) is 0 Å². The van der Waals surface area contributed by atoms with Crippen LogP contribution in [0.15, 0.2) is 0 Å². The molecule has 4 N–H and O–H groups in total. The van der Waals surface area contributed by atoms with Gasteiger partial charge in [-0.2, -0.15) is 0 Å². The number of halogens is 1. The van der Waals surface area contributed by atoms with E-state index in [1.807, 2.05) is 6.92 Å². The van der Waals surface area contributed by atoms with Gasteiger partial charge >= 0.3 is 11.9 Å². The van der Waals surface area contributed by atoms with E-state index in [1.54, 1.807) is 0 Å². The first-order valence-electron chi connectivity index (χ1n) is 5.73. The molecule has 0 bridgehead atoms. The first-order chi connectivity index (χ1) is 7.88. The fraction of sp³-hybridized carbons (Fsp3) is 0.818. The van der Waals surface area contributed by atoms with E-state index < -0.39 is 30.1 Å². The predicted octanol–water partition coefficient (Wildman–Crippen LogP) is 1.41. The smallest absolute Gasteiger partial charge is 0.320 e. The second kappa shape index (κ2) is 8.00. The highest BCUT2D eigenvalue weighted by Crippen LogP contribution is 2.18. The van der Waals surface area contributed by atoms with Crippen LogP contribution in [0.25, 0.3) is 0 Å². The van der Waals surface area contributed by atoms with Gasteiger partial charge in [-0.15, -0.1) is 0 Å². The molecular weight excluding hydrogens is 228 g/mol. The summed E-state index contributed by atoms with van der Waals surface area (Å²) in [5, 5.41) is 17.5. The molecule has 0 spiro atoms. The Morgan fingerprint density at radius 1 is 1.18 bits per heavy atom. The van der Waals surface area contributed by atoms with Gasteiger partial charge in [0.15, 0.2) is 0 Å². The minimum atomic E-state index is -1.23. The molecule has 0 aromatic rings. The molecule has 0 saturated heterocycles. The lowest BCUT2D eigenvalue weighted by Gasteiger charge is -2.15. The normalized spacial score (nSPS) is 16.2. The van der Waals surface area contributed by atoms with Crippen molar-refractivity contribution in [3.8, 4) is 0 Å². The molecule has 0 aromatic carbocycles. The van der Waals surface area contributed by atoms with E-state index in [9.17, 15) is 14.0 Å². The Labute approximate surface area is 99.8 Å². The molecule has 0 amide bonds. The summed E-state index contributed by atoms with van der Waals surface area (Å²) in [6, 6.07) is -1.21. The Balaban J connectivity index is 4.16. The van der Waals surface area contributed by atoms with Crippen molar-refractivity contribution in [3.63, 3.8) is 0 Å². The molecule has 0 aromatic heterocycles. The molecule has 0 radical (unpaired) electrons. The van der Waals surface area contributed by atoms with Crippen molar-refractivity contribution in [1.82, 2.24) is 0 Å². The lowest BCUT2D eigenvalue weighted by Crippen LogP contribution is -2.34. The van der Waals surface area contributed by atoms with Crippen LogP contribution in [0.2, 0.25) is 0 Å². The summed E-state index contributed by atoms with van der Waals surface area (Å²) < 4.78 is 13.2. The maximum atomic E-state index is 13.2. The summed E-state index contributed by atoms with van der Waals surface area (Å²) in [7, 11) is 0. The van der Waals surface area contributed by atoms with Gasteiger partial charge in [0.1, 0.15) is 12.2 Å². The zero-order chi connectivity index (χ0) is 13.4. The molecule has 1 unspecified atom stereocenters. The van der Waals surface area contributed by atoms with Gasteiger partial charge < -0.3 is 15.9 Å². The topological polar surface area (TPSA) is 101 Å². The van der Waals surface area contributed by atoms with Gasteiger partial charge in [-0.3, -0.25) is 9.59 Å². The number of carboxylic acids is 2. The number of hydrogen-bond acceptors (Lipinski definition) is 3. The maximum Gasteiger partial charge on any atom is 0.320 e. The molecule has 6 heteroatoms. The summed E-state index contributed by atoms with van der Waals surface area (Å²) in [6.45, 7) is 1.85. The molecule has 0 fully saturated rings. The minimum absolute atomic E-state index is 0.123. The second-order valence-electron chi connectivity index (χ2n) is 4.18. The van der Waals surface area contributed by atoms with Crippen LogP contribution in [-0.4, -0.2) is 34.4 Å². The van der Waals surface area contributed by atoms with Crippen LogP contribution in [0, 0.1) is 5.92 Å². The summed E-state index contributed by atoms with van der Waals surface area (Å²) in [5.74, 6) is -3.25. The van der Waals surface area contributed by atoms with Crippen molar-refractivity contribution >= 4 is 11.9 Å². The highest BCUT2D eigenvalue weighted by atomic mass is 18.2. The highest BCUT2D eigenvalue weighted by Gasteiger charge is 2.25. The standard InChI is InChI=1S/C11H20FNO4/c1-2-3-8(12)5-4-7(10(14)15)6-9(13)11(16)17/h7-9H,2-6,13H2,1H3,(H,14,15)(H,16,17)/t7-,8?,9+/m1/s1/i12-1. The zero-order valence-corrected chi connectivity index (χ0v) is 9.93. The van der Waals surface area contributed by atoms with E-state index in [0.717, 1.165) is 0 Å². The molecule has 0 aliphatic carbocycles.